The quantitative estimate of drug-likeness (QED) is 0.447. The van der Waals surface area contributed by atoms with Gasteiger partial charge in [0, 0.05) is 12.1 Å². The monoisotopic (exact) mass is 321 g/mol. The Kier molecular flexibility index (Phi) is 4.55. The van der Waals surface area contributed by atoms with Gasteiger partial charge in [0.25, 0.3) is 17.3 Å². The lowest BCUT2D eigenvalue weighted by molar-refractivity contribution is -0.803. The number of hydrogen-bond acceptors (Lipinski definition) is 8. The Morgan fingerprint density at radius 1 is 1.35 bits per heavy atom. The number of nitrogens with zero attached hydrogens (tertiary/aromatic N) is 2. The predicted octanol–water partition coefficient (Wildman–Crippen LogP) is -0.311. The van der Waals surface area contributed by atoms with Crippen LogP contribution in [0.2, 0.25) is 0 Å². The predicted molar refractivity (Wildman–Crippen MR) is 70.9 cm³/mol. The first-order valence-corrected chi connectivity index (χ1v) is 6.23. The molecule has 1 aromatic heterocycles. The Bertz CT molecular complexity index is 769. The Labute approximate surface area is 128 Å². The van der Waals surface area contributed by atoms with Gasteiger partial charge >= 0.3 is 11.9 Å². The van der Waals surface area contributed by atoms with E-state index in [0.29, 0.717) is 0 Å². The van der Waals surface area contributed by atoms with Crippen molar-refractivity contribution < 1.29 is 33.4 Å². The molecule has 2 N–H and O–H groups in total. The van der Waals surface area contributed by atoms with E-state index in [-0.39, 0.29) is 21.9 Å². The summed E-state index contributed by atoms with van der Waals surface area (Å²) in [4.78, 5) is 34.0. The third-order valence-electron chi connectivity index (χ3n) is 2.62. The molecule has 0 radical (unpaired) electrons. The van der Waals surface area contributed by atoms with E-state index in [1.54, 1.807) is 12.1 Å². The summed E-state index contributed by atoms with van der Waals surface area (Å²) in [6.45, 7) is 0.661. The number of primary amides is 1. The molecule has 0 saturated carbocycles. The first-order chi connectivity index (χ1) is 10.9. The van der Waals surface area contributed by atoms with Crippen LogP contribution >= 0.6 is 0 Å². The molecule has 0 atom stereocenters. The van der Waals surface area contributed by atoms with Crippen molar-refractivity contribution in [3.05, 3.63) is 46.4 Å². The summed E-state index contributed by atoms with van der Waals surface area (Å²) in [7, 11) is 0. The third-order valence-corrected chi connectivity index (χ3v) is 2.62. The third kappa shape index (κ3) is 3.61. The van der Waals surface area contributed by atoms with Crippen molar-refractivity contribution in [3.63, 3.8) is 0 Å². The van der Waals surface area contributed by atoms with Crippen LogP contribution in [-0.4, -0.2) is 23.0 Å². The average Bonchev–Trinajstić information content (AvgIpc) is 2.86. The summed E-state index contributed by atoms with van der Waals surface area (Å²) in [5.41, 5.74) is 4.19. The summed E-state index contributed by atoms with van der Waals surface area (Å²) in [5.74, 6) is -2.52. The van der Waals surface area contributed by atoms with Crippen LogP contribution in [0.25, 0.3) is 0 Å². The number of nitrogens with two attached hydrogens (primary N) is 1. The van der Waals surface area contributed by atoms with Gasteiger partial charge in [0.15, 0.2) is 6.61 Å². The highest BCUT2D eigenvalue weighted by Gasteiger charge is 2.26. The molecule has 2 rings (SSSR count). The molecular formula is C13H11N3O7. The molecule has 10 nitrogen and oxygen atoms in total. The van der Waals surface area contributed by atoms with Crippen LogP contribution < -0.4 is 15.4 Å². The Morgan fingerprint density at radius 3 is 2.70 bits per heavy atom. The SMILES string of the molecule is CC(=O)Oc1ccccc1C(=O)OCc1no[n+]([O-])c1C(N)=O. The zero-order valence-corrected chi connectivity index (χ0v) is 11.8. The molecule has 1 heterocycles. The number of hydrogen-bond donors (Lipinski definition) is 1. The van der Waals surface area contributed by atoms with Gasteiger partial charge in [-0.15, -0.1) is 0 Å². The van der Waals surface area contributed by atoms with Gasteiger partial charge < -0.3 is 20.4 Å². The molecule has 1 aromatic carbocycles. The molecule has 10 heteroatoms. The maximum atomic E-state index is 12.0. The highest BCUT2D eigenvalue weighted by molar-refractivity contribution is 5.93. The topological polar surface area (TPSA) is 149 Å². The lowest BCUT2D eigenvalue weighted by atomic mass is 10.2. The maximum Gasteiger partial charge on any atom is 0.342 e. The highest BCUT2D eigenvalue weighted by Crippen LogP contribution is 2.19. The van der Waals surface area contributed by atoms with Crippen molar-refractivity contribution in [2.45, 2.75) is 13.5 Å². The fraction of sp³-hybridized carbons (Fsp3) is 0.154. The van der Waals surface area contributed by atoms with E-state index in [1.807, 2.05) is 0 Å². The molecule has 23 heavy (non-hydrogen) atoms. The molecule has 0 aliphatic rings. The minimum atomic E-state index is -1.08. The van der Waals surface area contributed by atoms with Gasteiger partial charge in [-0.1, -0.05) is 12.1 Å². The standard InChI is InChI=1S/C13H11N3O7/c1-7(17)22-10-5-3-2-4-8(10)13(19)21-6-9-11(12(14)18)16(20)23-15-9/h2-5H,6H2,1H3,(H2,14,18). The number of esters is 2. The minimum Gasteiger partial charge on any atom is -0.453 e. The summed E-state index contributed by atoms with van der Waals surface area (Å²) in [6.07, 6.45) is 0. The molecule has 0 saturated heterocycles. The zero-order valence-electron chi connectivity index (χ0n) is 11.8. The lowest BCUT2D eigenvalue weighted by Crippen LogP contribution is -2.35. The van der Waals surface area contributed by atoms with E-state index >= 15 is 0 Å². The number of amides is 1. The molecule has 120 valence electrons. The number of carbonyl (C=O) groups excluding carboxylic acids is 3. The molecule has 0 spiro atoms. The second-order valence-electron chi connectivity index (χ2n) is 4.26. The fourth-order valence-corrected chi connectivity index (χ4v) is 1.69. The molecule has 0 aliphatic heterocycles. The molecular weight excluding hydrogens is 310 g/mol. The lowest BCUT2D eigenvalue weighted by Gasteiger charge is -2.07. The van der Waals surface area contributed by atoms with E-state index in [0.717, 1.165) is 0 Å². The van der Waals surface area contributed by atoms with Crippen LogP contribution in [0.5, 0.6) is 5.75 Å². The molecule has 1 amide bonds. The van der Waals surface area contributed by atoms with Crippen LogP contribution in [0.4, 0.5) is 0 Å². The first kappa shape index (κ1) is 15.9. The van der Waals surface area contributed by atoms with Crippen molar-refractivity contribution in [1.82, 2.24) is 5.16 Å². The summed E-state index contributed by atoms with van der Waals surface area (Å²) in [5, 5.41) is 14.4. The fourth-order valence-electron chi connectivity index (χ4n) is 1.69. The zero-order chi connectivity index (χ0) is 17.0. The number of para-hydroxylation sites is 1. The van der Waals surface area contributed by atoms with Gasteiger partial charge in [-0.2, -0.15) is 0 Å². The molecule has 0 fully saturated rings. The van der Waals surface area contributed by atoms with Crippen LogP contribution in [0, 0.1) is 5.21 Å². The van der Waals surface area contributed by atoms with Gasteiger partial charge in [-0.25, -0.2) is 4.79 Å². The number of rotatable bonds is 5. The number of carbonyl (C=O) groups is 3. The molecule has 0 aliphatic carbocycles. The van der Waals surface area contributed by atoms with E-state index in [1.165, 1.54) is 19.1 Å². The molecule has 0 bridgehead atoms. The number of benzene rings is 1. The van der Waals surface area contributed by atoms with E-state index < -0.39 is 30.1 Å². The van der Waals surface area contributed by atoms with Crippen LogP contribution in [-0.2, 0) is 16.1 Å². The molecule has 0 unspecified atom stereocenters. The Hall–Kier alpha value is -3.43. The van der Waals surface area contributed by atoms with E-state index in [9.17, 15) is 19.6 Å². The Balaban J connectivity index is 2.15. The van der Waals surface area contributed by atoms with Gasteiger partial charge in [0.1, 0.15) is 11.3 Å². The van der Waals surface area contributed by atoms with Crippen molar-refractivity contribution in [2.24, 2.45) is 5.73 Å². The minimum absolute atomic E-state index is 0.0122. The van der Waals surface area contributed by atoms with Gasteiger partial charge in [-0.05, 0) is 17.0 Å². The number of aromatic nitrogens is 2. The van der Waals surface area contributed by atoms with Crippen LogP contribution in [0.15, 0.2) is 28.9 Å². The average molecular weight is 321 g/mol. The maximum absolute atomic E-state index is 12.0. The second kappa shape index (κ2) is 6.56. The van der Waals surface area contributed by atoms with Crippen molar-refractivity contribution in [1.29, 1.82) is 0 Å². The van der Waals surface area contributed by atoms with Gasteiger partial charge in [0.2, 0.25) is 0 Å². The largest absolute Gasteiger partial charge is 0.453 e. The molecule has 2 aromatic rings. The summed E-state index contributed by atoms with van der Waals surface area (Å²) < 4.78 is 14.0. The first-order valence-electron chi connectivity index (χ1n) is 6.23. The number of ether oxygens (including phenoxy) is 2. The smallest absolute Gasteiger partial charge is 0.342 e. The van der Waals surface area contributed by atoms with Gasteiger partial charge in [-0.3, -0.25) is 14.2 Å². The van der Waals surface area contributed by atoms with Crippen molar-refractivity contribution in [2.75, 3.05) is 0 Å². The van der Waals surface area contributed by atoms with E-state index in [2.05, 4.69) is 9.79 Å². The van der Waals surface area contributed by atoms with Crippen LogP contribution in [0.3, 0.4) is 0 Å². The van der Waals surface area contributed by atoms with E-state index in [4.69, 9.17) is 15.2 Å². The summed E-state index contributed by atoms with van der Waals surface area (Å²) in [6, 6.07) is 5.90. The van der Waals surface area contributed by atoms with Crippen LogP contribution in [0.1, 0.15) is 33.5 Å². The summed E-state index contributed by atoms with van der Waals surface area (Å²) >= 11 is 0. The highest BCUT2D eigenvalue weighted by atomic mass is 16.8. The van der Waals surface area contributed by atoms with Crippen molar-refractivity contribution >= 4 is 17.8 Å². The normalized spacial score (nSPS) is 10.1. The second-order valence-corrected chi connectivity index (χ2v) is 4.26. The van der Waals surface area contributed by atoms with Crippen molar-refractivity contribution in [3.8, 4) is 5.75 Å². The van der Waals surface area contributed by atoms with Gasteiger partial charge in [0.05, 0.1) is 0 Å². The Morgan fingerprint density at radius 2 is 2.04 bits per heavy atom.